The van der Waals surface area contributed by atoms with Crippen LogP contribution in [-0.2, 0) is 14.8 Å². The molecule has 0 spiro atoms. The van der Waals surface area contributed by atoms with Gasteiger partial charge in [0.1, 0.15) is 0 Å². The van der Waals surface area contributed by atoms with E-state index in [1.165, 1.54) is 18.2 Å². The summed E-state index contributed by atoms with van der Waals surface area (Å²) in [5, 5.41) is 8.56. The molecule has 110 valence electrons. The lowest BCUT2D eigenvalue weighted by Crippen LogP contribution is -2.18. The van der Waals surface area contributed by atoms with Gasteiger partial charge in [0.2, 0.25) is 15.9 Å². The number of carbonyl (C=O) groups excluding carboxylic acids is 1. The van der Waals surface area contributed by atoms with Crippen LogP contribution in [0.25, 0.3) is 0 Å². The number of carboxylic acid groups (broad SMARTS) is 1. The number of aliphatic carboxylic acids is 1. The van der Waals surface area contributed by atoms with Gasteiger partial charge in [-0.3, -0.25) is 14.3 Å². The number of hydrogen-bond acceptors (Lipinski definition) is 4. The highest BCUT2D eigenvalue weighted by Gasteiger charge is 2.14. The normalized spacial score (nSPS) is 11.1. The Hall–Kier alpha value is -1.80. The SMILES string of the molecule is NC(=O)c1cc(NS(=O)(=O)CCCC(=O)O)ccc1Cl. The number of halogens is 1. The Morgan fingerprint density at radius 2 is 2.00 bits per heavy atom. The number of benzene rings is 1. The number of sulfonamides is 1. The number of carbonyl (C=O) groups is 2. The lowest BCUT2D eigenvalue weighted by Gasteiger charge is -2.09. The minimum atomic E-state index is -3.69. The van der Waals surface area contributed by atoms with E-state index in [2.05, 4.69) is 4.72 Å². The average Bonchev–Trinajstić information content (AvgIpc) is 2.30. The van der Waals surface area contributed by atoms with Crippen LogP contribution < -0.4 is 10.5 Å². The first-order chi connectivity index (χ1) is 9.21. The number of primary amides is 1. The van der Waals surface area contributed by atoms with Crippen molar-refractivity contribution in [3.63, 3.8) is 0 Å². The van der Waals surface area contributed by atoms with Gasteiger partial charge in [-0.15, -0.1) is 0 Å². The van der Waals surface area contributed by atoms with Crippen molar-refractivity contribution in [2.24, 2.45) is 5.73 Å². The van der Waals surface area contributed by atoms with Crippen LogP contribution >= 0.6 is 11.6 Å². The molecule has 0 atom stereocenters. The molecule has 4 N–H and O–H groups in total. The molecule has 1 rings (SSSR count). The topological polar surface area (TPSA) is 127 Å². The van der Waals surface area contributed by atoms with Gasteiger partial charge in [0.05, 0.1) is 16.3 Å². The van der Waals surface area contributed by atoms with Gasteiger partial charge in [-0.1, -0.05) is 11.6 Å². The minimum absolute atomic E-state index is 0.00240. The number of rotatable bonds is 7. The van der Waals surface area contributed by atoms with Crippen LogP contribution in [0.4, 0.5) is 5.69 Å². The third kappa shape index (κ3) is 5.06. The van der Waals surface area contributed by atoms with E-state index in [-0.39, 0.29) is 34.9 Å². The Labute approximate surface area is 120 Å². The van der Waals surface area contributed by atoms with Crippen LogP contribution in [0.1, 0.15) is 23.2 Å². The second kappa shape index (κ2) is 6.58. The molecule has 0 fully saturated rings. The highest BCUT2D eigenvalue weighted by Crippen LogP contribution is 2.21. The maximum atomic E-state index is 11.7. The highest BCUT2D eigenvalue weighted by molar-refractivity contribution is 7.92. The Balaban J connectivity index is 2.79. The molecule has 1 amide bonds. The molecular formula is C11H13ClN2O5S. The number of carboxylic acids is 1. The highest BCUT2D eigenvalue weighted by atomic mass is 35.5. The molecule has 0 aliphatic carbocycles. The molecule has 7 nitrogen and oxygen atoms in total. The zero-order chi connectivity index (χ0) is 15.3. The van der Waals surface area contributed by atoms with Crippen molar-refractivity contribution in [1.29, 1.82) is 0 Å². The van der Waals surface area contributed by atoms with Crippen LogP contribution in [0.5, 0.6) is 0 Å². The Kier molecular flexibility index (Phi) is 5.34. The van der Waals surface area contributed by atoms with Gasteiger partial charge in [-0.05, 0) is 24.6 Å². The summed E-state index contributed by atoms with van der Waals surface area (Å²) in [5.41, 5.74) is 5.23. The van der Waals surface area contributed by atoms with Crippen molar-refractivity contribution in [1.82, 2.24) is 0 Å². The van der Waals surface area contributed by atoms with E-state index in [9.17, 15) is 18.0 Å². The van der Waals surface area contributed by atoms with Crippen LogP contribution in [-0.4, -0.2) is 31.2 Å². The molecule has 0 bridgehead atoms. The van der Waals surface area contributed by atoms with E-state index < -0.39 is 21.9 Å². The van der Waals surface area contributed by atoms with Crippen LogP contribution in [0, 0.1) is 0 Å². The second-order valence-corrected chi connectivity index (χ2v) is 6.23. The molecule has 0 aromatic heterocycles. The molecule has 0 saturated carbocycles. The second-order valence-electron chi connectivity index (χ2n) is 3.98. The van der Waals surface area contributed by atoms with Gasteiger partial charge in [0, 0.05) is 12.1 Å². The first-order valence-electron chi connectivity index (χ1n) is 5.53. The molecule has 0 aliphatic rings. The maximum Gasteiger partial charge on any atom is 0.303 e. The molecule has 20 heavy (non-hydrogen) atoms. The summed E-state index contributed by atoms with van der Waals surface area (Å²) >= 11 is 5.74. The summed E-state index contributed by atoms with van der Waals surface area (Å²) in [6.45, 7) is 0. The van der Waals surface area contributed by atoms with Crippen LogP contribution in [0.15, 0.2) is 18.2 Å². The van der Waals surface area contributed by atoms with E-state index in [1.54, 1.807) is 0 Å². The van der Waals surface area contributed by atoms with Gasteiger partial charge >= 0.3 is 5.97 Å². The predicted octanol–water partition coefficient (Wildman–Crippen LogP) is 1.05. The molecule has 0 radical (unpaired) electrons. The number of anilines is 1. The van der Waals surface area contributed by atoms with Gasteiger partial charge in [0.25, 0.3) is 0 Å². The molecule has 9 heteroatoms. The summed E-state index contributed by atoms with van der Waals surface area (Å²) < 4.78 is 25.6. The average molecular weight is 321 g/mol. The van der Waals surface area contributed by atoms with Gasteiger partial charge in [0.15, 0.2) is 0 Å². The lowest BCUT2D eigenvalue weighted by molar-refractivity contribution is -0.137. The molecule has 0 heterocycles. The lowest BCUT2D eigenvalue weighted by atomic mass is 10.2. The van der Waals surface area contributed by atoms with Crippen LogP contribution in [0.2, 0.25) is 5.02 Å². The Morgan fingerprint density at radius 1 is 1.35 bits per heavy atom. The number of nitrogens with two attached hydrogens (primary N) is 1. The van der Waals surface area contributed by atoms with Gasteiger partial charge in [-0.25, -0.2) is 8.42 Å². The molecule has 1 aromatic rings. The first-order valence-corrected chi connectivity index (χ1v) is 7.56. The summed E-state index contributed by atoms with van der Waals surface area (Å²) in [5.74, 6) is -2.18. The molecule has 0 unspecified atom stereocenters. The summed E-state index contributed by atoms with van der Waals surface area (Å²) in [6, 6.07) is 3.94. The van der Waals surface area contributed by atoms with Crippen molar-refractivity contribution in [3.8, 4) is 0 Å². The molecule has 0 aliphatic heterocycles. The first kappa shape index (κ1) is 16.3. The predicted molar refractivity (Wildman–Crippen MR) is 74.2 cm³/mol. The van der Waals surface area contributed by atoms with Crippen molar-refractivity contribution in [2.75, 3.05) is 10.5 Å². The Bertz CT molecular complexity index is 630. The van der Waals surface area contributed by atoms with Crippen molar-refractivity contribution in [2.45, 2.75) is 12.8 Å². The summed E-state index contributed by atoms with van der Waals surface area (Å²) in [4.78, 5) is 21.4. The maximum absolute atomic E-state index is 11.7. The third-order valence-electron chi connectivity index (χ3n) is 2.31. The summed E-state index contributed by atoms with van der Waals surface area (Å²) in [7, 11) is -3.69. The smallest absolute Gasteiger partial charge is 0.303 e. The zero-order valence-electron chi connectivity index (χ0n) is 10.3. The third-order valence-corrected chi connectivity index (χ3v) is 4.01. The number of amides is 1. The summed E-state index contributed by atoms with van der Waals surface area (Å²) in [6.07, 6.45) is -0.255. The quantitative estimate of drug-likeness (QED) is 0.692. The fourth-order valence-corrected chi connectivity index (χ4v) is 2.74. The Morgan fingerprint density at radius 3 is 2.55 bits per heavy atom. The van der Waals surface area contributed by atoms with Crippen molar-refractivity contribution >= 4 is 39.2 Å². The molecular weight excluding hydrogens is 308 g/mol. The minimum Gasteiger partial charge on any atom is -0.481 e. The number of nitrogens with one attached hydrogen (secondary N) is 1. The van der Waals surface area contributed by atoms with Crippen molar-refractivity contribution < 1.29 is 23.1 Å². The standard InChI is InChI=1S/C11H13ClN2O5S/c12-9-4-3-7(6-8(9)11(13)17)14-20(18,19)5-1-2-10(15)16/h3-4,6,14H,1-2,5H2,(H2,13,17)(H,15,16). The van der Waals surface area contributed by atoms with E-state index >= 15 is 0 Å². The van der Waals surface area contributed by atoms with Gasteiger partial charge in [-0.2, -0.15) is 0 Å². The number of hydrogen-bond donors (Lipinski definition) is 3. The van der Waals surface area contributed by atoms with Gasteiger partial charge < -0.3 is 10.8 Å². The van der Waals surface area contributed by atoms with Crippen molar-refractivity contribution in [3.05, 3.63) is 28.8 Å². The molecule has 0 saturated heterocycles. The van der Waals surface area contributed by atoms with E-state index in [0.717, 1.165) is 0 Å². The van der Waals surface area contributed by atoms with Crippen LogP contribution in [0.3, 0.4) is 0 Å². The fourth-order valence-electron chi connectivity index (χ4n) is 1.42. The van der Waals surface area contributed by atoms with E-state index in [0.29, 0.717) is 0 Å². The zero-order valence-corrected chi connectivity index (χ0v) is 11.9. The van der Waals surface area contributed by atoms with E-state index in [1.807, 2.05) is 0 Å². The molecule has 1 aromatic carbocycles. The largest absolute Gasteiger partial charge is 0.481 e. The van der Waals surface area contributed by atoms with E-state index in [4.69, 9.17) is 22.4 Å². The monoisotopic (exact) mass is 320 g/mol. The fraction of sp³-hybridized carbons (Fsp3) is 0.273.